The second-order valence-electron chi connectivity index (χ2n) is 3.75. The fourth-order valence-corrected chi connectivity index (χ4v) is 1.00. The molecule has 1 unspecified atom stereocenters. The van der Waals surface area contributed by atoms with Gasteiger partial charge in [0, 0.05) is 18.9 Å². The van der Waals surface area contributed by atoms with Gasteiger partial charge in [-0.1, -0.05) is 13.2 Å². The van der Waals surface area contributed by atoms with Gasteiger partial charge in [-0.25, -0.2) is 9.79 Å². The molecule has 19 heavy (non-hydrogen) atoms. The lowest BCUT2D eigenvalue weighted by molar-refractivity contribution is -0.137. The van der Waals surface area contributed by atoms with E-state index in [1.807, 2.05) is 6.92 Å². The van der Waals surface area contributed by atoms with Crippen LogP contribution in [0.1, 0.15) is 13.8 Å². The third kappa shape index (κ3) is 6.87. The van der Waals surface area contributed by atoms with Crippen molar-refractivity contribution in [2.24, 2.45) is 9.98 Å². The van der Waals surface area contributed by atoms with E-state index in [1.54, 1.807) is 11.9 Å². The van der Waals surface area contributed by atoms with Gasteiger partial charge in [-0.2, -0.15) is 0 Å². The monoisotopic (exact) mass is 267 g/mol. The van der Waals surface area contributed by atoms with Crippen LogP contribution >= 0.6 is 0 Å². The summed E-state index contributed by atoms with van der Waals surface area (Å²) in [6, 6.07) is -0.825. The number of nitrogens with one attached hydrogen (secondary N) is 2. The zero-order chi connectivity index (χ0) is 14.8. The van der Waals surface area contributed by atoms with Gasteiger partial charge >= 0.3 is 5.97 Å². The molecule has 0 aromatic rings. The number of hydrogen-bond donors (Lipinski definition) is 3. The first kappa shape index (κ1) is 16.7. The van der Waals surface area contributed by atoms with E-state index in [4.69, 9.17) is 5.11 Å². The Hall–Kier alpha value is -2.31. The van der Waals surface area contributed by atoms with Crippen LogP contribution in [0.2, 0.25) is 0 Å². The third-order valence-corrected chi connectivity index (χ3v) is 2.05. The molecule has 3 N–H and O–H groups in total. The summed E-state index contributed by atoms with van der Waals surface area (Å²) in [6.45, 7) is 10.9. The quantitative estimate of drug-likeness (QED) is 0.357. The normalized spacial score (nSPS) is 12.9. The molecule has 0 aromatic carbocycles. The zero-order valence-electron chi connectivity index (χ0n) is 11.6. The van der Waals surface area contributed by atoms with Crippen LogP contribution in [0, 0.1) is 0 Å². The second kappa shape index (κ2) is 8.73. The van der Waals surface area contributed by atoms with Gasteiger partial charge in [0.2, 0.25) is 5.96 Å². The summed E-state index contributed by atoms with van der Waals surface area (Å²) in [6.07, 6.45) is 2.79. The predicted molar refractivity (Wildman–Crippen MR) is 76.9 cm³/mol. The number of nitrogens with zero attached hydrogens (tertiary/aromatic N) is 3. The Morgan fingerprint density at radius 1 is 1.58 bits per heavy atom. The highest BCUT2D eigenvalue weighted by atomic mass is 16.4. The van der Waals surface area contributed by atoms with Crippen molar-refractivity contribution in [2.45, 2.75) is 19.9 Å². The van der Waals surface area contributed by atoms with Gasteiger partial charge < -0.3 is 15.7 Å². The molecule has 0 fully saturated rings. The van der Waals surface area contributed by atoms with Crippen molar-refractivity contribution >= 4 is 18.3 Å². The number of aliphatic carboxylic acids is 1. The van der Waals surface area contributed by atoms with Crippen molar-refractivity contribution in [3.05, 3.63) is 25.1 Å². The van der Waals surface area contributed by atoms with E-state index in [0.717, 1.165) is 5.70 Å². The summed E-state index contributed by atoms with van der Waals surface area (Å²) in [4.78, 5) is 20.3. The topological polar surface area (TPSA) is 89.3 Å². The molecule has 0 radical (unpaired) electrons. The van der Waals surface area contributed by atoms with Crippen LogP contribution in [0.5, 0.6) is 0 Å². The molecule has 0 bridgehead atoms. The maximum atomic E-state index is 10.7. The molecular weight excluding hydrogens is 246 g/mol. The lowest BCUT2D eigenvalue weighted by atomic mass is 10.4. The Balaban J connectivity index is 4.94. The number of rotatable bonds is 7. The minimum atomic E-state index is -0.990. The number of carboxylic acid groups (broad SMARTS) is 1. The average Bonchev–Trinajstić information content (AvgIpc) is 2.35. The number of aliphatic imine (C=N–C) groups is 2. The van der Waals surface area contributed by atoms with Crippen LogP contribution in [-0.4, -0.2) is 48.0 Å². The first-order valence-corrected chi connectivity index (χ1v) is 5.71. The van der Waals surface area contributed by atoms with Gasteiger partial charge in [0.05, 0.1) is 13.0 Å². The molecule has 0 aliphatic rings. The van der Waals surface area contributed by atoms with Crippen LogP contribution in [0.15, 0.2) is 35.0 Å². The van der Waals surface area contributed by atoms with E-state index in [-0.39, 0.29) is 0 Å². The molecule has 0 aliphatic heterocycles. The summed E-state index contributed by atoms with van der Waals surface area (Å²) >= 11 is 0. The predicted octanol–water partition coefficient (Wildman–Crippen LogP) is 0.589. The molecule has 0 amide bonds. The van der Waals surface area contributed by atoms with Crippen molar-refractivity contribution in [3.8, 4) is 0 Å². The summed E-state index contributed by atoms with van der Waals surface area (Å²) in [5.74, 6) is -0.499. The molecule has 1 atom stereocenters. The van der Waals surface area contributed by atoms with Crippen molar-refractivity contribution < 1.29 is 9.90 Å². The molecule has 7 nitrogen and oxygen atoms in total. The van der Waals surface area contributed by atoms with Crippen LogP contribution in [0.3, 0.4) is 0 Å². The maximum Gasteiger partial charge on any atom is 0.328 e. The van der Waals surface area contributed by atoms with Gasteiger partial charge in [-0.3, -0.25) is 9.89 Å². The molecule has 7 heteroatoms. The van der Waals surface area contributed by atoms with E-state index >= 15 is 0 Å². The molecular formula is C12H21N5O2. The second-order valence-corrected chi connectivity index (χ2v) is 3.75. The molecule has 0 saturated carbocycles. The van der Waals surface area contributed by atoms with Gasteiger partial charge in [0.1, 0.15) is 6.04 Å². The highest BCUT2D eigenvalue weighted by Gasteiger charge is 2.10. The maximum absolute atomic E-state index is 10.7. The minimum Gasteiger partial charge on any atom is -0.480 e. The third-order valence-electron chi connectivity index (χ3n) is 2.05. The number of allylic oxidation sites excluding steroid dienone is 1. The smallest absolute Gasteiger partial charge is 0.328 e. The fourth-order valence-electron chi connectivity index (χ4n) is 1.00. The zero-order valence-corrected chi connectivity index (χ0v) is 11.6. The standard InChI is InChI=1S/C12H21N5O2/c1-6-14-12(13-5)17(7-15-9(2)3)8-16-10(4)11(18)19/h6,8,10,15H,1-2,7H2,3-5H3,(H,13,14)(H,18,19)/b16-8-. The number of hydrogen-bond acceptors (Lipinski definition) is 4. The Bertz CT molecular complexity index is 390. The van der Waals surface area contributed by atoms with Crippen LogP contribution in [0.4, 0.5) is 0 Å². The number of guanidine groups is 1. The molecule has 0 rings (SSSR count). The molecule has 106 valence electrons. The Morgan fingerprint density at radius 2 is 2.21 bits per heavy atom. The van der Waals surface area contributed by atoms with Crippen LogP contribution in [0.25, 0.3) is 0 Å². The van der Waals surface area contributed by atoms with Crippen LogP contribution in [-0.2, 0) is 4.79 Å². The largest absolute Gasteiger partial charge is 0.480 e. The molecule has 0 heterocycles. The Labute approximate surface area is 113 Å². The summed E-state index contributed by atoms with van der Waals surface area (Å²) in [7, 11) is 1.70. The SMILES string of the molecule is C=C/N=C(/NC)N(/C=N\C(C)C(=O)O)CNC(=C)C. The fraction of sp³-hybridized carbons (Fsp3) is 0.417. The molecule has 0 saturated heterocycles. The average molecular weight is 267 g/mol. The van der Waals surface area contributed by atoms with Crippen molar-refractivity contribution in [3.63, 3.8) is 0 Å². The number of carbonyl (C=O) groups is 1. The van der Waals surface area contributed by atoms with E-state index in [0.29, 0.717) is 12.6 Å². The van der Waals surface area contributed by atoms with Crippen molar-refractivity contribution in [2.75, 3.05) is 13.7 Å². The Kier molecular flexibility index (Phi) is 7.67. The lowest BCUT2D eigenvalue weighted by Crippen LogP contribution is -2.43. The molecule has 0 aromatic heterocycles. The first-order valence-electron chi connectivity index (χ1n) is 5.71. The highest BCUT2D eigenvalue weighted by molar-refractivity contribution is 5.91. The highest BCUT2D eigenvalue weighted by Crippen LogP contribution is 1.92. The van der Waals surface area contributed by atoms with Gasteiger partial charge in [0.15, 0.2) is 0 Å². The van der Waals surface area contributed by atoms with E-state index in [2.05, 4.69) is 33.8 Å². The summed E-state index contributed by atoms with van der Waals surface area (Å²) < 4.78 is 0. The minimum absolute atomic E-state index is 0.360. The van der Waals surface area contributed by atoms with E-state index in [9.17, 15) is 4.79 Å². The van der Waals surface area contributed by atoms with Gasteiger partial charge in [-0.15, -0.1) is 0 Å². The van der Waals surface area contributed by atoms with Crippen molar-refractivity contribution in [1.82, 2.24) is 15.5 Å². The lowest BCUT2D eigenvalue weighted by Gasteiger charge is -2.22. The Morgan fingerprint density at radius 3 is 2.63 bits per heavy atom. The van der Waals surface area contributed by atoms with Crippen molar-refractivity contribution in [1.29, 1.82) is 0 Å². The summed E-state index contributed by atoms with van der Waals surface area (Å²) in [5, 5.41) is 14.7. The number of carboxylic acids is 1. The van der Waals surface area contributed by atoms with E-state index in [1.165, 1.54) is 19.5 Å². The summed E-state index contributed by atoms with van der Waals surface area (Å²) in [5.41, 5.74) is 0.777. The van der Waals surface area contributed by atoms with Gasteiger partial charge in [0.25, 0.3) is 0 Å². The van der Waals surface area contributed by atoms with Crippen LogP contribution < -0.4 is 10.6 Å². The molecule has 0 aliphatic carbocycles. The van der Waals surface area contributed by atoms with E-state index < -0.39 is 12.0 Å². The molecule has 0 spiro atoms. The first-order chi connectivity index (χ1) is 8.92. The van der Waals surface area contributed by atoms with Gasteiger partial charge in [-0.05, 0) is 13.8 Å².